The summed E-state index contributed by atoms with van der Waals surface area (Å²) in [6.45, 7) is 6.06. The van der Waals surface area contributed by atoms with Gasteiger partial charge in [-0.2, -0.15) is 0 Å². The fraction of sp³-hybridized carbons (Fsp3) is 0.160. The van der Waals surface area contributed by atoms with Gasteiger partial charge in [-0.05, 0) is 13.0 Å². The molecule has 0 aliphatic carbocycles. The van der Waals surface area contributed by atoms with E-state index in [0.717, 1.165) is 21.9 Å². The number of esters is 1. The Labute approximate surface area is 188 Å². The van der Waals surface area contributed by atoms with Crippen LogP contribution in [-0.4, -0.2) is 18.7 Å². The fourth-order valence-electron chi connectivity index (χ4n) is 3.73. The standard InChI is InChI=1S/C25H24NO3PS/c1-3-28-25(27)18(2)24-23(21-16-10-11-17-22(21)29-24)26-30(31,19-12-6-4-7-13-19)20-14-8-5-9-15-20/h4-17,23-24H,2-3H2,1H3,(H,26,31)/t23-,24+/m1/s1. The Morgan fingerprint density at radius 3 is 2.13 bits per heavy atom. The van der Waals surface area contributed by atoms with Gasteiger partial charge in [0.15, 0.2) is 0 Å². The van der Waals surface area contributed by atoms with Gasteiger partial charge >= 0.3 is 5.97 Å². The van der Waals surface area contributed by atoms with Crippen LogP contribution in [0.4, 0.5) is 0 Å². The third kappa shape index (κ3) is 4.22. The molecule has 1 N–H and O–H groups in total. The highest BCUT2D eigenvalue weighted by atomic mass is 32.4. The SMILES string of the molecule is C=C(C(=O)OCC)[C@@H]1Oc2ccccc2[C@H]1NP(=S)(c1ccccc1)c1ccccc1. The maximum atomic E-state index is 12.5. The normalized spacial score (nSPS) is 17.5. The van der Waals surface area contributed by atoms with Crippen molar-refractivity contribution in [2.75, 3.05) is 6.61 Å². The number of ether oxygens (including phenoxy) is 2. The molecule has 0 fully saturated rings. The van der Waals surface area contributed by atoms with Crippen molar-refractivity contribution in [1.82, 2.24) is 5.09 Å². The molecule has 3 aromatic rings. The highest BCUT2D eigenvalue weighted by Crippen LogP contribution is 2.48. The number of hydrogen-bond donors (Lipinski definition) is 1. The van der Waals surface area contributed by atoms with E-state index in [1.54, 1.807) is 6.92 Å². The van der Waals surface area contributed by atoms with Gasteiger partial charge in [0, 0.05) is 16.2 Å². The predicted octanol–water partition coefficient (Wildman–Crippen LogP) is 4.24. The lowest BCUT2D eigenvalue weighted by Gasteiger charge is -2.31. The summed E-state index contributed by atoms with van der Waals surface area (Å²) in [5.74, 6) is 0.262. The van der Waals surface area contributed by atoms with Crippen molar-refractivity contribution >= 4 is 34.6 Å². The Hall–Kier alpha value is -2.72. The van der Waals surface area contributed by atoms with Gasteiger partial charge in [-0.25, -0.2) is 4.79 Å². The molecule has 0 saturated carbocycles. The molecule has 0 unspecified atom stereocenters. The molecule has 2 atom stereocenters. The quantitative estimate of drug-likeness (QED) is 0.332. The van der Waals surface area contributed by atoms with Crippen LogP contribution >= 0.6 is 6.19 Å². The fourth-order valence-corrected chi connectivity index (χ4v) is 7.25. The van der Waals surface area contributed by atoms with E-state index in [-0.39, 0.29) is 18.2 Å². The zero-order valence-electron chi connectivity index (χ0n) is 17.2. The van der Waals surface area contributed by atoms with Crippen LogP contribution in [0.2, 0.25) is 0 Å². The van der Waals surface area contributed by atoms with E-state index < -0.39 is 18.3 Å². The second-order valence-electron chi connectivity index (χ2n) is 7.21. The number of rotatable bonds is 7. The minimum atomic E-state index is -2.44. The van der Waals surface area contributed by atoms with Gasteiger partial charge in [-0.3, -0.25) is 5.09 Å². The molecular formula is C25H24NO3PS. The van der Waals surface area contributed by atoms with Gasteiger partial charge in [0.25, 0.3) is 0 Å². The first-order valence-electron chi connectivity index (χ1n) is 10.1. The molecule has 1 aliphatic rings. The molecule has 0 amide bonds. The molecule has 1 heterocycles. The summed E-state index contributed by atoms with van der Waals surface area (Å²) in [6.07, 6.45) is -3.05. The molecule has 0 aromatic heterocycles. The molecule has 0 bridgehead atoms. The van der Waals surface area contributed by atoms with Gasteiger partial charge in [-0.1, -0.05) is 97.2 Å². The molecule has 3 aromatic carbocycles. The Kier molecular flexibility index (Phi) is 6.38. The first-order valence-corrected chi connectivity index (χ1v) is 13.0. The van der Waals surface area contributed by atoms with E-state index in [1.165, 1.54) is 0 Å². The van der Waals surface area contributed by atoms with Gasteiger partial charge < -0.3 is 9.47 Å². The first kappa shape index (κ1) is 21.5. The van der Waals surface area contributed by atoms with Crippen molar-refractivity contribution < 1.29 is 14.3 Å². The average Bonchev–Trinajstić information content (AvgIpc) is 3.18. The smallest absolute Gasteiger partial charge is 0.337 e. The van der Waals surface area contributed by atoms with Crippen LogP contribution in [0.1, 0.15) is 18.5 Å². The largest absolute Gasteiger partial charge is 0.483 e. The number of para-hydroxylation sites is 1. The monoisotopic (exact) mass is 449 g/mol. The molecule has 4 nitrogen and oxygen atoms in total. The van der Waals surface area contributed by atoms with Crippen LogP contribution in [0.25, 0.3) is 0 Å². The van der Waals surface area contributed by atoms with Crippen LogP contribution in [0.5, 0.6) is 5.75 Å². The van der Waals surface area contributed by atoms with E-state index >= 15 is 0 Å². The molecule has 0 radical (unpaired) electrons. The van der Waals surface area contributed by atoms with Crippen molar-refractivity contribution in [3.05, 3.63) is 103 Å². The van der Waals surface area contributed by atoms with Gasteiger partial charge in [0.05, 0.1) is 24.4 Å². The number of nitrogens with one attached hydrogen (secondary N) is 1. The minimum Gasteiger partial charge on any atom is -0.483 e. The van der Waals surface area contributed by atoms with Gasteiger partial charge in [0.2, 0.25) is 0 Å². The number of hydrogen-bond acceptors (Lipinski definition) is 4. The summed E-state index contributed by atoms with van der Waals surface area (Å²) in [5.41, 5.74) is 1.23. The van der Waals surface area contributed by atoms with Crippen LogP contribution in [0.3, 0.4) is 0 Å². The Balaban J connectivity index is 1.79. The molecular weight excluding hydrogens is 425 g/mol. The topological polar surface area (TPSA) is 47.6 Å². The van der Waals surface area contributed by atoms with Crippen LogP contribution in [0, 0.1) is 0 Å². The maximum Gasteiger partial charge on any atom is 0.337 e. The van der Waals surface area contributed by atoms with Crippen molar-refractivity contribution in [2.24, 2.45) is 0 Å². The molecule has 6 heteroatoms. The van der Waals surface area contributed by atoms with Crippen molar-refractivity contribution in [3.8, 4) is 5.75 Å². The van der Waals surface area contributed by atoms with Crippen LogP contribution < -0.4 is 20.4 Å². The Morgan fingerprint density at radius 1 is 1.00 bits per heavy atom. The highest BCUT2D eigenvalue weighted by molar-refractivity contribution is 8.20. The Bertz CT molecular complexity index is 1090. The molecule has 31 heavy (non-hydrogen) atoms. The summed E-state index contributed by atoms with van der Waals surface area (Å²) in [6, 6.07) is 27.6. The summed E-state index contributed by atoms with van der Waals surface area (Å²) in [4.78, 5) is 12.5. The average molecular weight is 450 g/mol. The second kappa shape index (κ2) is 9.19. The Morgan fingerprint density at radius 2 is 1.55 bits per heavy atom. The molecule has 0 saturated heterocycles. The van der Waals surface area contributed by atoms with Crippen LogP contribution in [0.15, 0.2) is 97.1 Å². The summed E-state index contributed by atoms with van der Waals surface area (Å²) < 4.78 is 11.4. The molecule has 0 spiro atoms. The van der Waals surface area contributed by atoms with Gasteiger partial charge in [-0.15, -0.1) is 0 Å². The van der Waals surface area contributed by atoms with E-state index in [4.69, 9.17) is 21.3 Å². The van der Waals surface area contributed by atoms with E-state index in [9.17, 15) is 4.79 Å². The number of carbonyl (C=O) groups excluding carboxylic acids is 1. The highest BCUT2D eigenvalue weighted by Gasteiger charge is 2.41. The van der Waals surface area contributed by atoms with Crippen molar-refractivity contribution in [3.63, 3.8) is 0 Å². The number of fused-ring (bicyclic) bond motifs is 1. The van der Waals surface area contributed by atoms with E-state index in [0.29, 0.717) is 0 Å². The van der Waals surface area contributed by atoms with Crippen molar-refractivity contribution in [2.45, 2.75) is 19.1 Å². The van der Waals surface area contributed by atoms with Gasteiger partial charge in [0.1, 0.15) is 11.9 Å². The third-order valence-corrected chi connectivity index (χ3v) is 9.53. The summed E-state index contributed by atoms with van der Waals surface area (Å²) >= 11 is 6.36. The number of carbonyl (C=O) groups is 1. The number of benzene rings is 3. The zero-order valence-corrected chi connectivity index (χ0v) is 18.9. The lowest BCUT2D eigenvalue weighted by molar-refractivity contribution is -0.139. The summed E-state index contributed by atoms with van der Waals surface area (Å²) in [7, 11) is 0. The van der Waals surface area contributed by atoms with Crippen LogP contribution in [-0.2, 0) is 21.3 Å². The third-order valence-electron chi connectivity index (χ3n) is 5.25. The lowest BCUT2D eigenvalue weighted by Crippen LogP contribution is -2.37. The maximum absolute atomic E-state index is 12.5. The molecule has 1 aliphatic heterocycles. The molecule has 158 valence electrons. The zero-order chi connectivity index (χ0) is 21.8. The van der Waals surface area contributed by atoms with Crippen molar-refractivity contribution in [1.29, 1.82) is 0 Å². The molecule has 4 rings (SSSR count). The minimum absolute atomic E-state index is 0.276. The predicted molar refractivity (Wildman–Crippen MR) is 129 cm³/mol. The second-order valence-corrected chi connectivity index (χ2v) is 11.4. The first-order chi connectivity index (χ1) is 15.0. The van der Waals surface area contributed by atoms with E-state index in [2.05, 4.69) is 35.9 Å². The lowest BCUT2D eigenvalue weighted by atomic mass is 10.00. The summed E-state index contributed by atoms with van der Waals surface area (Å²) in [5, 5.41) is 5.83. The van der Waals surface area contributed by atoms with E-state index in [1.807, 2.05) is 60.7 Å².